The van der Waals surface area contributed by atoms with E-state index in [0.29, 0.717) is 0 Å². The molecule has 0 saturated heterocycles. The van der Waals surface area contributed by atoms with Crippen molar-refractivity contribution in [2.45, 2.75) is 26.7 Å². The Balaban J connectivity index is 2.35. The summed E-state index contributed by atoms with van der Waals surface area (Å²) in [6, 6.07) is 0. The van der Waals surface area contributed by atoms with Gasteiger partial charge < -0.3 is 5.32 Å². The Hall–Kier alpha value is -1.78. The van der Waals surface area contributed by atoms with Crippen LogP contribution in [0.4, 0.5) is 5.95 Å². The summed E-state index contributed by atoms with van der Waals surface area (Å²) in [7, 11) is 1.94. The molecule has 0 unspecified atom stereocenters. The summed E-state index contributed by atoms with van der Waals surface area (Å²) < 4.78 is 3.90. The van der Waals surface area contributed by atoms with Gasteiger partial charge in [-0.1, -0.05) is 13.8 Å². The maximum atomic E-state index is 4.45. The first kappa shape index (κ1) is 11.7. The number of hydrogen-bond acceptors (Lipinski definition) is 3. The largest absolute Gasteiger partial charge is 0.355 e. The molecular formula is C12H19N5. The van der Waals surface area contributed by atoms with Crippen molar-refractivity contribution in [1.82, 2.24) is 19.3 Å². The summed E-state index contributed by atoms with van der Waals surface area (Å²) >= 11 is 0. The Morgan fingerprint density at radius 3 is 2.88 bits per heavy atom. The van der Waals surface area contributed by atoms with E-state index in [1.807, 2.05) is 30.3 Å². The van der Waals surface area contributed by atoms with Crippen molar-refractivity contribution in [3.8, 4) is 5.69 Å². The van der Waals surface area contributed by atoms with Crippen LogP contribution in [0.15, 0.2) is 18.6 Å². The third kappa shape index (κ3) is 2.33. The van der Waals surface area contributed by atoms with Crippen LogP contribution in [0.5, 0.6) is 0 Å². The Bertz CT molecular complexity index is 483. The van der Waals surface area contributed by atoms with Crippen molar-refractivity contribution < 1.29 is 0 Å². The minimum absolute atomic E-state index is 0.884. The maximum absolute atomic E-state index is 4.45. The molecule has 0 atom stereocenters. The van der Waals surface area contributed by atoms with Crippen molar-refractivity contribution in [3.63, 3.8) is 0 Å². The van der Waals surface area contributed by atoms with E-state index in [-0.39, 0.29) is 0 Å². The average Bonchev–Trinajstić information content (AvgIpc) is 2.91. The lowest BCUT2D eigenvalue weighted by Gasteiger charge is -2.08. The van der Waals surface area contributed by atoms with Crippen LogP contribution >= 0.6 is 0 Å². The quantitative estimate of drug-likeness (QED) is 0.859. The van der Waals surface area contributed by atoms with Crippen LogP contribution in [-0.2, 0) is 13.5 Å². The van der Waals surface area contributed by atoms with Crippen LogP contribution in [0.3, 0.4) is 0 Å². The molecule has 0 saturated carbocycles. The van der Waals surface area contributed by atoms with E-state index in [9.17, 15) is 0 Å². The highest BCUT2D eigenvalue weighted by Crippen LogP contribution is 2.18. The van der Waals surface area contributed by atoms with Crippen LogP contribution in [0, 0.1) is 0 Å². The number of anilines is 1. The summed E-state index contributed by atoms with van der Waals surface area (Å²) in [5.41, 5.74) is 2.19. The SMILES string of the molecule is CCCNc1nccn1-c1cn(C)nc1CC. The van der Waals surface area contributed by atoms with Gasteiger partial charge in [0.05, 0.1) is 11.4 Å². The van der Waals surface area contributed by atoms with Crippen molar-refractivity contribution in [2.75, 3.05) is 11.9 Å². The predicted molar refractivity (Wildman–Crippen MR) is 68.5 cm³/mol. The number of nitrogens with zero attached hydrogens (tertiary/aromatic N) is 4. The topological polar surface area (TPSA) is 47.7 Å². The number of imidazole rings is 1. The van der Waals surface area contributed by atoms with E-state index in [1.54, 1.807) is 0 Å². The number of aryl methyl sites for hydroxylation is 2. The fourth-order valence-corrected chi connectivity index (χ4v) is 1.84. The summed E-state index contributed by atoms with van der Waals surface area (Å²) in [6.45, 7) is 5.18. The normalized spacial score (nSPS) is 10.8. The second kappa shape index (κ2) is 5.03. The molecule has 0 aromatic carbocycles. The zero-order valence-electron chi connectivity index (χ0n) is 10.6. The van der Waals surface area contributed by atoms with Crippen molar-refractivity contribution in [1.29, 1.82) is 0 Å². The molecular weight excluding hydrogens is 214 g/mol. The van der Waals surface area contributed by atoms with E-state index in [1.165, 1.54) is 0 Å². The summed E-state index contributed by atoms with van der Waals surface area (Å²) in [6.07, 6.45) is 7.80. The zero-order chi connectivity index (χ0) is 12.3. The molecule has 17 heavy (non-hydrogen) atoms. The lowest BCUT2D eigenvalue weighted by atomic mass is 10.3. The van der Waals surface area contributed by atoms with Gasteiger partial charge >= 0.3 is 0 Å². The number of rotatable bonds is 5. The summed E-state index contributed by atoms with van der Waals surface area (Å²) in [4.78, 5) is 4.33. The van der Waals surface area contributed by atoms with Gasteiger partial charge in [0.25, 0.3) is 0 Å². The van der Waals surface area contributed by atoms with Gasteiger partial charge in [-0.3, -0.25) is 9.25 Å². The number of aromatic nitrogens is 4. The van der Waals surface area contributed by atoms with Gasteiger partial charge in [-0.15, -0.1) is 0 Å². The van der Waals surface area contributed by atoms with Crippen LogP contribution < -0.4 is 5.32 Å². The lowest BCUT2D eigenvalue weighted by Crippen LogP contribution is -2.07. The van der Waals surface area contributed by atoms with E-state index in [0.717, 1.165) is 36.7 Å². The Morgan fingerprint density at radius 2 is 2.18 bits per heavy atom. The molecule has 0 bridgehead atoms. The third-order valence-electron chi connectivity index (χ3n) is 2.65. The summed E-state index contributed by atoms with van der Waals surface area (Å²) in [5, 5.41) is 7.76. The molecule has 0 aliphatic carbocycles. The van der Waals surface area contributed by atoms with Gasteiger partial charge in [0.15, 0.2) is 0 Å². The first-order valence-electron chi connectivity index (χ1n) is 6.06. The van der Waals surface area contributed by atoms with E-state index >= 15 is 0 Å². The lowest BCUT2D eigenvalue weighted by molar-refractivity contribution is 0.746. The van der Waals surface area contributed by atoms with E-state index in [4.69, 9.17) is 0 Å². The molecule has 0 spiro atoms. The first-order valence-corrected chi connectivity index (χ1v) is 6.06. The fourth-order valence-electron chi connectivity index (χ4n) is 1.84. The average molecular weight is 233 g/mol. The van der Waals surface area contributed by atoms with Gasteiger partial charge in [-0.05, 0) is 12.8 Å². The van der Waals surface area contributed by atoms with Crippen LogP contribution in [-0.4, -0.2) is 25.9 Å². The van der Waals surface area contributed by atoms with Crippen LogP contribution in [0.25, 0.3) is 5.69 Å². The van der Waals surface area contributed by atoms with Crippen molar-refractivity contribution >= 4 is 5.95 Å². The highest BCUT2D eigenvalue weighted by Gasteiger charge is 2.11. The second-order valence-corrected chi connectivity index (χ2v) is 4.04. The van der Waals surface area contributed by atoms with Gasteiger partial charge in [0.1, 0.15) is 0 Å². The molecule has 0 aliphatic heterocycles. The van der Waals surface area contributed by atoms with Crippen molar-refractivity contribution in [3.05, 3.63) is 24.3 Å². The zero-order valence-corrected chi connectivity index (χ0v) is 10.6. The van der Waals surface area contributed by atoms with Gasteiger partial charge in [-0.2, -0.15) is 5.10 Å². The molecule has 1 N–H and O–H groups in total. The molecule has 92 valence electrons. The minimum atomic E-state index is 0.884. The smallest absolute Gasteiger partial charge is 0.207 e. The Labute approximate surface area is 101 Å². The molecule has 2 aromatic heterocycles. The molecule has 0 radical (unpaired) electrons. The molecule has 5 nitrogen and oxygen atoms in total. The molecule has 2 rings (SSSR count). The standard InChI is InChI=1S/C12H19N5/c1-4-6-13-12-14-7-8-17(12)11-9-16(3)15-10(11)5-2/h7-9H,4-6H2,1-3H3,(H,13,14). The second-order valence-electron chi connectivity index (χ2n) is 4.04. The number of nitrogens with one attached hydrogen (secondary N) is 1. The van der Waals surface area contributed by atoms with E-state index < -0.39 is 0 Å². The molecule has 0 fully saturated rings. The first-order chi connectivity index (χ1) is 8.26. The highest BCUT2D eigenvalue weighted by molar-refractivity contribution is 5.43. The summed E-state index contributed by atoms with van der Waals surface area (Å²) in [5.74, 6) is 0.884. The minimum Gasteiger partial charge on any atom is -0.355 e. The number of hydrogen-bond donors (Lipinski definition) is 1. The Kier molecular flexibility index (Phi) is 3.46. The maximum Gasteiger partial charge on any atom is 0.207 e. The molecule has 5 heteroatoms. The van der Waals surface area contributed by atoms with Crippen molar-refractivity contribution in [2.24, 2.45) is 7.05 Å². The van der Waals surface area contributed by atoms with Gasteiger partial charge in [0.2, 0.25) is 5.95 Å². The van der Waals surface area contributed by atoms with Gasteiger partial charge in [-0.25, -0.2) is 4.98 Å². The molecule has 0 amide bonds. The molecule has 0 aliphatic rings. The highest BCUT2D eigenvalue weighted by atomic mass is 15.3. The predicted octanol–water partition coefficient (Wildman–Crippen LogP) is 1.99. The molecule has 2 aromatic rings. The Morgan fingerprint density at radius 1 is 1.35 bits per heavy atom. The third-order valence-corrected chi connectivity index (χ3v) is 2.65. The monoisotopic (exact) mass is 233 g/mol. The van der Waals surface area contributed by atoms with Gasteiger partial charge in [0, 0.05) is 32.2 Å². The van der Waals surface area contributed by atoms with Crippen LogP contribution in [0.2, 0.25) is 0 Å². The van der Waals surface area contributed by atoms with E-state index in [2.05, 4.69) is 33.8 Å². The van der Waals surface area contributed by atoms with Crippen LogP contribution in [0.1, 0.15) is 26.0 Å². The molecule has 2 heterocycles. The fraction of sp³-hybridized carbons (Fsp3) is 0.500.